The summed E-state index contributed by atoms with van der Waals surface area (Å²) in [6.45, 7) is 2.04. The van der Waals surface area contributed by atoms with Gasteiger partial charge in [0.15, 0.2) is 11.0 Å². The highest BCUT2D eigenvalue weighted by Gasteiger charge is 2.36. The second kappa shape index (κ2) is 7.32. The van der Waals surface area contributed by atoms with Gasteiger partial charge in [-0.25, -0.2) is 0 Å². The molecule has 144 valence electrons. The first kappa shape index (κ1) is 18.6. The molecular formula is C22H19ClO5. The summed E-state index contributed by atoms with van der Waals surface area (Å²) in [5.74, 6) is -0.196. The SMILES string of the molecule is CCc1ccc(-c2cc(=O)c3cccc(Cl)c3o2)c(O[C@H]2C[C@H](C(=O)O)C2)c1. The lowest BCUT2D eigenvalue weighted by Crippen LogP contribution is -2.38. The maximum atomic E-state index is 12.5. The van der Waals surface area contributed by atoms with Gasteiger partial charge in [-0.3, -0.25) is 9.59 Å². The van der Waals surface area contributed by atoms with Gasteiger partial charge >= 0.3 is 5.97 Å². The van der Waals surface area contributed by atoms with E-state index < -0.39 is 5.97 Å². The topological polar surface area (TPSA) is 76.7 Å². The first-order chi connectivity index (χ1) is 13.5. The van der Waals surface area contributed by atoms with Crippen molar-refractivity contribution in [3.8, 4) is 17.1 Å². The fraction of sp³-hybridized carbons (Fsp3) is 0.273. The van der Waals surface area contributed by atoms with E-state index in [2.05, 4.69) is 0 Å². The molecule has 1 N–H and O–H groups in total. The van der Waals surface area contributed by atoms with Crippen molar-refractivity contribution in [1.82, 2.24) is 0 Å². The minimum atomic E-state index is -0.794. The van der Waals surface area contributed by atoms with Crippen LogP contribution in [0.3, 0.4) is 0 Å². The van der Waals surface area contributed by atoms with Crippen molar-refractivity contribution in [3.05, 3.63) is 63.3 Å². The van der Waals surface area contributed by atoms with Gasteiger partial charge < -0.3 is 14.3 Å². The minimum absolute atomic E-state index is 0.164. The Morgan fingerprint density at radius 3 is 2.75 bits per heavy atom. The highest BCUT2D eigenvalue weighted by molar-refractivity contribution is 6.34. The van der Waals surface area contributed by atoms with E-state index in [1.165, 1.54) is 6.07 Å². The Labute approximate surface area is 166 Å². The summed E-state index contributed by atoms with van der Waals surface area (Å²) in [7, 11) is 0. The van der Waals surface area contributed by atoms with E-state index in [9.17, 15) is 9.59 Å². The number of rotatable bonds is 5. The zero-order valence-electron chi connectivity index (χ0n) is 15.3. The van der Waals surface area contributed by atoms with Gasteiger partial charge in [0.2, 0.25) is 0 Å². The molecule has 6 heteroatoms. The molecule has 2 aromatic carbocycles. The number of hydrogen-bond donors (Lipinski definition) is 1. The van der Waals surface area contributed by atoms with Gasteiger partial charge in [0.25, 0.3) is 0 Å². The van der Waals surface area contributed by atoms with Crippen LogP contribution in [-0.4, -0.2) is 17.2 Å². The van der Waals surface area contributed by atoms with Gasteiger partial charge in [0.05, 0.1) is 21.9 Å². The van der Waals surface area contributed by atoms with E-state index in [-0.39, 0.29) is 17.5 Å². The van der Waals surface area contributed by atoms with Crippen LogP contribution in [0.1, 0.15) is 25.3 Å². The highest BCUT2D eigenvalue weighted by Crippen LogP contribution is 2.38. The van der Waals surface area contributed by atoms with Gasteiger partial charge in [-0.2, -0.15) is 0 Å². The van der Waals surface area contributed by atoms with Crippen LogP contribution in [0.5, 0.6) is 5.75 Å². The molecule has 0 unspecified atom stereocenters. The lowest BCUT2D eigenvalue weighted by Gasteiger charge is -2.33. The first-order valence-corrected chi connectivity index (χ1v) is 9.59. The molecule has 1 aliphatic rings. The number of benzene rings is 2. The molecule has 5 nitrogen and oxygen atoms in total. The summed E-state index contributed by atoms with van der Waals surface area (Å²) in [5, 5.41) is 9.86. The Kier molecular flexibility index (Phi) is 4.85. The lowest BCUT2D eigenvalue weighted by molar-refractivity contribution is -0.147. The molecule has 0 spiro atoms. The zero-order chi connectivity index (χ0) is 19.8. The molecule has 0 atom stereocenters. The number of aryl methyl sites for hydroxylation is 1. The maximum absolute atomic E-state index is 12.5. The van der Waals surface area contributed by atoms with Gasteiger partial charge in [-0.05, 0) is 49.1 Å². The van der Waals surface area contributed by atoms with Crippen molar-refractivity contribution in [2.45, 2.75) is 32.3 Å². The third-order valence-electron chi connectivity index (χ3n) is 5.16. The van der Waals surface area contributed by atoms with Crippen LogP contribution in [0.15, 0.2) is 51.7 Å². The van der Waals surface area contributed by atoms with E-state index in [4.69, 9.17) is 25.9 Å². The molecule has 0 bridgehead atoms. The fourth-order valence-corrected chi connectivity index (χ4v) is 3.62. The molecule has 0 saturated heterocycles. The number of aliphatic carboxylic acids is 1. The molecule has 1 heterocycles. The van der Waals surface area contributed by atoms with E-state index in [0.717, 1.165) is 12.0 Å². The van der Waals surface area contributed by atoms with Gasteiger partial charge in [-0.1, -0.05) is 30.7 Å². The number of hydrogen-bond acceptors (Lipinski definition) is 4. The Morgan fingerprint density at radius 2 is 2.04 bits per heavy atom. The standard InChI is InChI=1S/C22H19ClO5/c1-2-12-6-7-16(19(8-12)27-14-9-13(10-14)22(25)26)20-11-18(24)15-4-3-5-17(23)21(15)28-20/h3-8,11,13-14H,2,9-10H2,1H3,(H,25,26)/t13-,14-. The predicted octanol–water partition coefficient (Wildman–Crippen LogP) is 4.92. The largest absolute Gasteiger partial charge is 0.490 e. The number of halogens is 1. The summed E-state index contributed by atoms with van der Waals surface area (Å²) in [4.78, 5) is 23.6. The second-order valence-electron chi connectivity index (χ2n) is 7.02. The van der Waals surface area contributed by atoms with Gasteiger partial charge in [-0.15, -0.1) is 0 Å². The van der Waals surface area contributed by atoms with Crippen LogP contribution in [0.2, 0.25) is 5.02 Å². The van der Waals surface area contributed by atoms with E-state index >= 15 is 0 Å². The maximum Gasteiger partial charge on any atom is 0.306 e. The molecule has 3 aromatic rings. The summed E-state index contributed by atoms with van der Waals surface area (Å²) in [6.07, 6.45) is 1.60. The van der Waals surface area contributed by atoms with Crippen LogP contribution < -0.4 is 10.2 Å². The second-order valence-corrected chi connectivity index (χ2v) is 7.43. The Bertz CT molecular complexity index is 1110. The molecule has 1 aromatic heterocycles. The summed E-state index contributed by atoms with van der Waals surface area (Å²) >= 11 is 6.22. The van der Waals surface area contributed by atoms with E-state index in [1.54, 1.807) is 18.2 Å². The molecule has 1 fully saturated rings. The molecule has 4 rings (SSSR count). The first-order valence-electron chi connectivity index (χ1n) is 9.21. The number of fused-ring (bicyclic) bond motifs is 1. The van der Waals surface area contributed by atoms with Crippen molar-refractivity contribution < 1.29 is 19.1 Å². The van der Waals surface area contributed by atoms with E-state index in [0.29, 0.717) is 45.9 Å². The van der Waals surface area contributed by atoms with Crippen LogP contribution in [0.4, 0.5) is 0 Å². The molecule has 28 heavy (non-hydrogen) atoms. The smallest absolute Gasteiger partial charge is 0.306 e. The number of carbonyl (C=O) groups is 1. The number of para-hydroxylation sites is 1. The number of carboxylic acid groups (broad SMARTS) is 1. The molecule has 0 aliphatic heterocycles. The highest BCUT2D eigenvalue weighted by atomic mass is 35.5. The molecule has 1 aliphatic carbocycles. The Hall–Kier alpha value is -2.79. The van der Waals surface area contributed by atoms with Crippen molar-refractivity contribution in [2.24, 2.45) is 5.92 Å². The van der Waals surface area contributed by atoms with E-state index in [1.807, 2.05) is 25.1 Å². The Balaban J connectivity index is 1.75. The molecule has 1 saturated carbocycles. The van der Waals surface area contributed by atoms with Crippen molar-refractivity contribution in [2.75, 3.05) is 0 Å². The van der Waals surface area contributed by atoms with Gasteiger partial charge in [0, 0.05) is 6.07 Å². The van der Waals surface area contributed by atoms with Crippen molar-refractivity contribution in [1.29, 1.82) is 0 Å². The normalized spacial score (nSPS) is 18.6. The number of carboxylic acids is 1. The minimum Gasteiger partial charge on any atom is -0.490 e. The molecule has 0 radical (unpaired) electrons. The average molecular weight is 399 g/mol. The Morgan fingerprint density at radius 1 is 1.25 bits per heavy atom. The van der Waals surface area contributed by atoms with Crippen molar-refractivity contribution in [3.63, 3.8) is 0 Å². The van der Waals surface area contributed by atoms with Crippen LogP contribution in [0, 0.1) is 5.92 Å². The van der Waals surface area contributed by atoms with Crippen LogP contribution in [0.25, 0.3) is 22.3 Å². The summed E-state index contributed by atoms with van der Waals surface area (Å²) in [5.41, 5.74) is 1.88. The van der Waals surface area contributed by atoms with Gasteiger partial charge in [0.1, 0.15) is 17.6 Å². The lowest BCUT2D eigenvalue weighted by atomic mass is 9.82. The average Bonchev–Trinajstić information content (AvgIpc) is 2.64. The predicted molar refractivity (Wildman–Crippen MR) is 107 cm³/mol. The zero-order valence-corrected chi connectivity index (χ0v) is 16.0. The quantitative estimate of drug-likeness (QED) is 0.660. The van der Waals surface area contributed by atoms with Crippen LogP contribution in [-0.2, 0) is 11.2 Å². The summed E-state index contributed by atoms with van der Waals surface area (Å²) < 4.78 is 12.0. The van der Waals surface area contributed by atoms with Crippen molar-refractivity contribution >= 4 is 28.5 Å². The third-order valence-corrected chi connectivity index (χ3v) is 5.46. The number of ether oxygens (including phenoxy) is 1. The third kappa shape index (κ3) is 3.38. The monoisotopic (exact) mass is 398 g/mol. The summed E-state index contributed by atoms with van der Waals surface area (Å²) in [6, 6.07) is 12.2. The molecular weight excluding hydrogens is 380 g/mol. The molecule has 0 amide bonds. The van der Waals surface area contributed by atoms with Crippen LogP contribution >= 0.6 is 11.6 Å². The fourth-order valence-electron chi connectivity index (χ4n) is 3.41.